The van der Waals surface area contributed by atoms with Gasteiger partial charge >= 0.3 is 6.03 Å². The number of imide groups is 1. The average molecular weight is 435 g/mol. The van der Waals surface area contributed by atoms with E-state index in [0.717, 1.165) is 35.4 Å². The number of carbonyl (C=O) groups is 3. The van der Waals surface area contributed by atoms with Crippen LogP contribution in [-0.2, 0) is 21.5 Å². The molecule has 1 atom stereocenters. The zero-order valence-electron chi connectivity index (χ0n) is 17.9. The van der Waals surface area contributed by atoms with E-state index in [4.69, 9.17) is 9.47 Å². The number of anilines is 1. The number of hydrogen-bond acceptors (Lipinski definition) is 5. The smallest absolute Gasteiger partial charge is 0.325 e. The van der Waals surface area contributed by atoms with Crippen LogP contribution in [0.15, 0.2) is 42.5 Å². The summed E-state index contributed by atoms with van der Waals surface area (Å²) in [6.07, 6.45) is 2.52. The van der Waals surface area contributed by atoms with Gasteiger partial charge in [-0.25, -0.2) is 4.79 Å². The van der Waals surface area contributed by atoms with Crippen LogP contribution in [0.25, 0.3) is 0 Å². The van der Waals surface area contributed by atoms with E-state index >= 15 is 0 Å². The number of benzene rings is 2. The minimum absolute atomic E-state index is 0.274. The number of nitrogens with zero attached hydrogens (tertiary/aromatic N) is 2. The summed E-state index contributed by atoms with van der Waals surface area (Å²) < 4.78 is 11.4. The molecule has 0 bridgehead atoms. The van der Waals surface area contributed by atoms with Gasteiger partial charge < -0.3 is 19.7 Å². The topological polar surface area (TPSA) is 88.2 Å². The minimum atomic E-state index is -1.29. The first-order valence-corrected chi connectivity index (χ1v) is 10.9. The standard InChI is InChI=1S/C24H25N3O5/c1-24(17-9-10-19-20(14-17)32-13-5-12-31-19)22(29)27(23(30)25-24)15-21(28)26-11-4-7-16-6-2-3-8-18(16)26/h2-3,6,8-10,14H,4-5,7,11-13,15H2,1H3,(H,25,30)/t24-/m1/s1. The average Bonchev–Trinajstić information content (AvgIpc) is 2.96. The molecule has 0 aliphatic carbocycles. The highest BCUT2D eigenvalue weighted by Crippen LogP contribution is 2.37. The number of fused-ring (bicyclic) bond motifs is 2. The number of ether oxygens (including phenoxy) is 2. The maximum atomic E-state index is 13.3. The number of carbonyl (C=O) groups excluding carboxylic acids is 3. The van der Waals surface area contributed by atoms with Crippen molar-refractivity contribution >= 4 is 23.5 Å². The molecule has 3 heterocycles. The quantitative estimate of drug-likeness (QED) is 0.749. The molecule has 3 aliphatic rings. The third kappa shape index (κ3) is 3.36. The van der Waals surface area contributed by atoms with Crippen molar-refractivity contribution in [2.45, 2.75) is 31.7 Å². The molecular formula is C24H25N3O5. The molecule has 8 heteroatoms. The van der Waals surface area contributed by atoms with Gasteiger partial charge in [-0.2, -0.15) is 0 Å². The summed E-state index contributed by atoms with van der Waals surface area (Å²) in [5, 5.41) is 2.77. The second kappa shape index (κ2) is 7.85. The second-order valence-corrected chi connectivity index (χ2v) is 8.44. The van der Waals surface area contributed by atoms with Crippen molar-refractivity contribution in [3.8, 4) is 11.5 Å². The van der Waals surface area contributed by atoms with Crippen molar-refractivity contribution in [3.63, 3.8) is 0 Å². The van der Waals surface area contributed by atoms with Crippen molar-refractivity contribution in [1.29, 1.82) is 0 Å². The number of rotatable bonds is 3. The van der Waals surface area contributed by atoms with Gasteiger partial charge in [0.2, 0.25) is 5.91 Å². The fourth-order valence-corrected chi connectivity index (χ4v) is 4.52. The molecule has 2 aromatic carbocycles. The van der Waals surface area contributed by atoms with E-state index in [9.17, 15) is 14.4 Å². The van der Waals surface area contributed by atoms with Crippen molar-refractivity contribution in [1.82, 2.24) is 10.2 Å². The van der Waals surface area contributed by atoms with Gasteiger partial charge in [0.25, 0.3) is 5.91 Å². The Morgan fingerprint density at radius 2 is 1.84 bits per heavy atom. The van der Waals surface area contributed by atoms with Crippen LogP contribution in [0.3, 0.4) is 0 Å². The third-order valence-electron chi connectivity index (χ3n) is 6.30. The fraction of sp³-hybridized carbons (Fsp3) is 0.375. The van der Waals surface area contributed by atoms with E-state index in [-0.39, 0.29) is 12.5 Å². The highest BCUT2D eigenvalue weighted by atomic mass is 16.5. The first-order chi connectivity index (χ1) is 15.5. The van der Waals surface area contributed by atoms with E-state index in [2.05, 4.69) is 5.32 Å². The van der Waals surface area contributed by atoms with Crippen molar-refractivity contribution in [2.75, 3.05) is 31.2 Å². The summed E-state index contributed by atoms with van der Waals surface area (Å²) in [6, 6.07) is 12.4. The van der Waals surface area contributed by atoms with E-state index in [1.807, 2.05) is 24.3 Å². The number of hydrogen-bond donors (Lipinski definition) is 1. The summed E-state index contributed by atoms with van der Waals surface area (Å²) in [4.78, 5) is 41.9. The van der Waals surface area contributed by atoms with Crippen molar-refractivity contribution in [3.05, 3.63) is 53.6 Å². The Balaban J connectivity index is 1.38. The summed E-state index contributed by atoms with van der Waals surface area (Å²) in [5.41, 5.74) is 1.24. The number of amides is 4. The molecular weight excluding hydrogens is 410 g/mol. The molecule has 2 aromatic rings. The molecule has 0 unspecified atom stereocenters. The molecule has 8 nitrogen and oxygen atoms in total. The monoisotopic (exact) mass is 435 g/mol. The zero-order chi connectivity index (χ0) is 22.3. The Bertz CT molecular complexity index is 1100. The lowest BCUT2D eigenvalue weighted by Gasteiger charge is -2.30. The molecule has 5 rings (SSSR count). The Kier molecular flexibility index (Phi) is 5.00. The van der Waals surface area contributed by atoms with Crippen LogP contribution in [0.5, 0.6) is 11.5 Å². The molecule has 0 aromatic heterocycles. The summed E-state index contributed by atoms with van der Waals surface area (Å²) >= 11 is 0. The van der Waals surface area contributed by atoms with E-state index < -0.39 is 17.5 Å². The fourth-order valence-electron chi connectivity index (χ4n) is 4.52. The third-order valence-corrected chi connectivity index (χ3v) is 6.30. The van der Waals surface area contributed by atoms with Gasteiger partial charge in [0.05, 0.1) is 13.2 Å². The first-order valence-electron chi connectivity index (χ1n) is 10.9. The van der Waals surface area contributed by atoms with Gasteiger partial charge in [0.1, 0.15) is 12.1 Å². The predicted octanol–water partition coefficient (Wildman–Crippen LogP) is 2.59. The highest BCUT2D eigenvalue weighted by molar-refractivity contribution is 6.10. The largest absolute Gasteiger partial charge is 0.490 e. The Morgan fingerprint density at radius 3 is 2.69 bits per heavy atom. The van der Waals surface area contributed by atoms with Crippen LogP contribution in [-0.4, -0.2) is 49.0 Å². The molecule has 0 radical (unpaired) electrons. The molecule has 4 amide bonds. The molecule has 1 saturated heterocycles. The minimum Gasteiger partial charge on any atom is -0.490 e. The van der Waals surface area contributed by atoms with Crippen LogP contribution in [0, 0.1) is 0 Å². The zero-order valence-corrected chi connectivity index (χ0v) is 17.9. The van der Waals surface area contributed by atoms with Crippen LogP contribution >= 0.6 is 0 Å². The van der Waals surface area contributed by atoms with Gasteiger partial charge in [-0.15, -0.1) is 0 Å². The summed E-state index contributed by atoms with van der Waals surface area (Å²) in [7, 11) is 0. The van der Waals surface area contributed by atoms with Crippen LogP contribution < -0.4 is 19.7 Å². The molecule has 1 N–H and O–H groups in total. The van der Waals surface area contributed by atoms with Crippen LogP contribution in [0.4, 0.5) is 10.5 Å². The van der Waals surface area contributed by atoms with Gasteiger partial charge in [-0.3, -0.25) is 14.5 Å². The lowest BCUT2D eigenvalue weighted by molar-refractivity contribution is -0.134. The number of nitrogens with one attached hydrogen (secondary N) is 1. The van der Waals surface area contributed by atoms with Crippen molar-refractivity contribution < 1.29 is 23.9 Å². The van der Waals surface area contributed by atoms with Gasteiger partial charge in [-0.05, 0) is 49.1 Å². The SMILES string of the molecule is C[C@]1(c2ccc3c(c2)OCCCO3)NC(=O)N(CC(=O)N2CCCc3ccccc32)C1=O. The summed E-state index contributed by atoms with van der Waals surface area (Å²) in [6.45, 7) is 2.99. The van der Waals surface area contributed by atoms with Gasteiger partial charge in [-0.1, -0.05) is 24.3 Å². The maximum absolute atomic E-state index is 13.3. The number of para-hydroxylation sites is 1. The van der Waals surface area contributed by atoms with E-state index in [1.54, 1.807) is 30.0 Å². The van der Waals surface area contributed by atoms with Gasteiger partial charge in [0.15, 0.2) is 11.5 Å². The lowest BCUT2D eigenvalue weighted by Crippen LogP contribution is -2.46. The Hall–Kier alpha value is -3.55. The van der Waals surface area contributed by atoms with Crippen molar-refractivity contribution in [2.24, 2.45) is 0 Å². The Morgan fingerprint density at radius 1 is 1.06 bits per heavy atom. The molecule has 166 valence electrons. The Labute approximate surface area is 186 Å². The predicted molar refractivity (Wildman–Crippen MR) is 117 cm³/mol. The maximum Gasteiger partial charge on any atom is 0.325 e. The summed E-state index contributed by atoms with van der Waals surface area (Å²) in [5.74, 6) is 0.421. The molecule has 3 aliphatic heterocycles. The normalized spacial score (nSPS) is 22.3. The molecule has 1 fully saturated rings. The van der Waals surface area contributed by atoms with Crippen LogP contribution in [0.2, 0.25) is 0 Å². The lowest BCUT2D eigenvalue weighted by atomic mass is 9.91. The first kappa shape index (κ1) is 20.4. The number of urea groups is 1. The van der Waals surface area contributed by atoms with Gasteiger partial charge in [0, 0.05) is 18.7 Å². The number of aryl methyl sites for hydroxylation is 1. The second-order valence-electron chi connectivity index (χ2n) is 8.44. The molecule has 32 heavy (non-hydrogen) atoms. The van der Waals surface area contributed by atoms with E-state index in [0.29, 0.717) is 36.8 Å². The van der Waals surface area contributed by atoms with E-state index in [1.165, 1.54) is 0 Å². The molecule has 0 saturated carbocycles. The molecule has 0 spiro atoms. The highest BCUT2D eigenvalue weighted by Gasteiger charge is 2.50. The van der Waals surface area contributed by atoms with Crippen LogP contribution in [0.1, 0.15) is 30.9 Å².